The Morgan fingerprint density at radius 1 is 1.50 bits per heavy atom. The van der Waals surface area contributed by atoms with Gasteiger partial charge in [0.25, 0.3) is 3.90 Å². The maximum Gasteiger partial charge on any atom is 0.258 e. The summed E-state index contributed by atoms with van der Waals surface area (Å²) in [6, 6.07) is 7.37. The molecule has 0 aliphatic carbocycles. The van der Waals surface area contributed by atoms with Crippen LogP contribution in [0.5, 0.6) is 0 Å². The number of halogens is 1. The highest BCUT2D eigenvalue weighted by molar-refractivity contribution is 14.1. The van der Waals surface area contributed by atoms with Crippen LogP contribution in [0.1, 0.15) is 5.56 Å². The van der Waals surface area contributed by atoms with Crippen LogP contribution in [0.15, 0.2) is 22.6 Å². The van der Waals surface area contributed by atoms with Crippen LogP contribution >= 0.6 is 22.6 Å². The molecule has 0 aliphatic rings. The quantitative estimate of drug-likeness (QED) is 0.690. The molecule has 0 saturated carbocycles. The highest BCUT2D eigenvalue weighted by Crippen LogP contribution is 2.19. The molecule has 0 bridgehead atoms. The van der Waals surface area contributed by atoms with Crippen LogP contribution in [0.25, 0.3) is 11.1 Å². The van der Waals surface area contributed by atoms with Gasteiger partial charge in [-0.3, -0.25) is 0 Å². The molecule has 0 atom stereocenters. The van der Waals surface area contributed by atoms with Gasteiger partial charge in [-0.2, -0.15) is 5.26 Å². The van der Waals surface area contributed by atoms with Crippen molar-refractivity contribution in [3.63, 3.8) is 0 Å². The van der Waals surface area contributed by atoms with Crippen molar-refractivity contribution < 1.29 is 4.42 Å². The summed E-state index contributed by atoms with van der Waals surface area (Å²) < 4.78 is 5.80. The first-order valence-corrected chi connectivity index (χ1v) is 4.34. The molecule has 1 aromatic carbocycles. The summed E-state index contributed by atoms with van der Waals surface area (Å²) in [5, 5.41) is 8.70. The van der Waals surface area contributed by atoms with Gasteiger partial charge in [0, 0.05) is 22.6 Å². The van der Waals surface area contributed by atoms with Crippen LogP contribution < -0.4 is 0 Å². The largest absolute Gasteiger partial charge is 0.430 e. The van der Waals surface area contributed by atoms with Crippen molar-refractivity contribution in [3.05, 3.63) is 27.7 Å². The van der Waals surface area contributed by atoms with Crippen molar-refractivity contribution >= 4 is 33.7 Å². The summed E-state index contributed by atoms with van der Waals surface area (Å²) in [7, 11) is 0. The van der Waals surface area contributed by atoms with E-state index in [0.29, 0.717) is 15.0 Å². The lowest BCUT2D eigenvalue weighted by Gasteiger charge is -1.86. The monoisotopic (exact) mass is 270 g/mol. The third kappa shape index (κ3) is 1.06. The average molecular weight is 270 g/mol. The number of rotatable bonds is 0. The summed E-state index contributed by atoms with van der Waals surface area (Å²) in [5.74, 6) is 0. The highest BCUT2D eigenvalue weighted by atomic mass is 127. The average Bonchev–Trinajstić information content (AvgIpc) is 2.44. The van der Waals surface area contributed by atoms with Crippen LogP contribution in [0.4, 0.5) is 0 Å². The minimum Gasteiger partial charge on any atom is -0.430 e. The summed E-state index contributed by atoms with van der Waals surface area (Å²) in [6.07, 6.45) is 0. The molecule has 0 N–H and O–H groups in total. The summed E-state index contributed by atoms with van der Waals surface area (Å²) in [5.41, 5.74) is 1.84. The van der Waals surface area contributed by atoms with E-state index in [1.165, 1.54) is 0 Å². The van der Waals surface area contributed by atoms with E-state index >= 15 is 0 Å². The Bertz CT molecular complexity index is 469. The molecule has 4 heteroatoms. The zero-order chi connectivity index (χ0) is 8.55. The van der Waals surface area contributed by atoms with Gasteiger partial charge in [0.05, 0.1) is 5.56 Å². The van der Waals surface area contributed by atoms with E-state index in [1.54, 1.807) is 12.1 Å². The number of hydrogen-bond donors (Lipinski definition) is 0. The SMILES string of the molecule is N#Cc1cccc2nc(I)oc12. The third-order valence-electron chi connectivity index (χ3n) is 1.51. The van der Waals surface area contributed by atoms with Crippen molar-refractivity contribution in [2.75, 3.05) is 0 Å². The Morgan fingerprint density at radius 2 is 2.33 bits per heavy atom. The van der Waals surface area contributed by atoms with Crippen molar-refractivity contribution in [1.82, 2.24) is 4.98 Å². The number of para-hydroxylation sites is 1. The van der Waals surface area contributed by atoms with Gasteiger partial charge >= 0.3 is 0 Å². The molecule has 0 unspecified atom stereocenters. The fraction of sp³-hybridized carbons (Fsp3) is 0. The van der Waals surface area contributed by atoms with E-state index in [0.717, 1.165) is 5.52 Å². The zero-order valence-electron chi connectivity index (χ0n) is 5.91. The molecule has 3 nitrogen and oxygen atoms in total. The van der Waals surface area contributed by atoms with E-state index < -0.39 is 0 Å². The second-order valence-electron chi connectivity index (χ2n) is 2.23. The molecule has 2 rings (SSSR count). The Kier molecular flexibility index (Phi) is 1.73. The van der Waals surface area contributed by atoms with Gasteiger partial charge in [-0.15, -0.1) is 0 Å². The van der Waals surface area contributed by atoms with E-state index in [4.69, 9.17) is 9.68 Å². The zero-order valence-corrected chi connectivity index (χ0v) is 8.07. The predicted molar refractivity (Wildman–Crippen MR) is 51.4 cm³/mol. The van der Waals surface area contributed by atoms with E-state index in [1.807, 2.05) is 34.7 Å². The Labute approximate surface area is 82.1 Å². The summed E-state index contributed by atoms with van der Waals surface area (Å²) in [4.78, 5) is 4.09. The first kappa shape index (κ1) is 7.55. The van der Waals surface area contributed by atoms with Gasteiger partial charge in [-0.1, -0.05) is 6.07 Å². The molecule has 0 radical (unpaired) electrons. The molecule has 0 fully saturated rings. The van der Waals surface area contributed by atoms with Crippen LogP contribution in [0, 0.1) is 15.2 Å². The Hall–Kier alpha value is -1.09. The lowest BCUT2D eigenvalue weighted by molar-refractivity contribution is 0.566. The third-order valence-corrected chi connectivity index (χ3v) is 1.97. The van der Waals surface area contributed by atoms with E-state index in [9.17, 15) is 0 Å². The van der Waals surface area contributed by atoms with Gasteiger partial charge in [-0.05, 0) is 12.1 Å². The topological polar surface area (TPSA) is 49.8 Å². The maximum absolute atomic E-state index is 8.70. The van der Waals surface area contributed by atoms with Gasteiger partial charge in [0.15, 0.2) is 5.58 Å². The van der Waals surface area contributed by atoms with Crippen molar-refractivity contribution in [2.24, 2.45) is 0 Å². The molecule has 0 aliphatic heterocycles. The lowest BCUT2D eigenvalue weighted by atomic mass is 10.2. The van der Waals surface area contributed by atoms with Gasteiger partial charge in [0.2, 0.25) is 0 Å². The Balaban J connectivity index is 2.89. The summed E-state index contributed by atoms with van der Waals surface area (Å²) >= 11 is 1.98. The molecule has 0 saturated heterocycles. The van der Waals surface area contributed by atoms with Gasteiger partial charge < -0.3 is 4.42 Å². The van der Waals surface area contributed by atoms with Crippen LogP contribution in [-0.2, 0) is 0 Å². The van der Waals surface area contributed by atoms with Gasteiger partial charge in [0.1, 0.15) is 11.6 Å². The molecular weight excluding hydrogens is 267 g/mol. The van der Waals surface area contributed by atoms with Crippen molar-refractivity contribution in [2.45, 2.75) is 0 Å². The first-order valence-electron chi connectivity index (χ1n) is 3.26. The van der Waals surface area contributed by atoms with E-state index in [2.05, 4.69) is 4.98 Å². The van der Waals surface area contributed by atoms with E-state index in [-0.39, 0.29) is 0 Å². The number of nitrogens with zero attached hydrogens (tertiary/aromatic N) is 2. The number of oxazole rings is 1. The number of nitriles is 1. The second-order valence-corrected chi connectivity index (χ2v) is 3.16. The molecule has 1 aromatic heterocycles. The van der Waals surface area contributed by atoms with Crippen LogP contribution in [0.2, 0.25) is 0 Å². The fourth-order valence-electron chi connectivity index (χ4n) is 1.01. The molecule has 0 amide bonds. The minimum atomic E-state index is 0.530. The Morgan fingerprint density at radius 3 is 3.08 bits per heavy atom. The predicted octanol–water partition coefficient (Wildman–Crippen LogP) is 2.30. The summed E-state index contributed by atoms with van der Waals surface area (Å²) in [6.45, 7) is 0. The second kappa shape index (κ2) is 2.75. The number of benzene rings is 1. The van der Waals surface area contributed by atoms with Crippen molar-refractivity contribution in [3.8, 4) is 6.07 Å². The molecule has 12 heavy (non-hydrogen) atoms. The minimum absolute atomic E-state index is 0.530. The standard InChI is InChI=1S/C8H3IN2O/c9-8-11-6-3-1-2-5(4-10)7(6)12-8/h1-3H. The number of hydrogen-bond acceptors (Lipinski definition) is 3. The normalized spacial score (nSPS) is 10.0. The lowest BCUT2D eigenvalue weighted by Crippen LogP contribution is -1.73. The van der Waals surface area contributed by atoms with Crippen LogP contribution in [0.3, 0.4) is 0 Å². The van der Waals surface area contributed by atoms with Crippen molar-refractivity contribution in [1.29, 1.82) is 5.26 Å². The number of fused-ring (bicyclic) bond motifs is 1. The number of aromatic nitrogens is 1. The maximum atomic E-state index is 8.70. The molecule has 58 valence electrons. The molecule has 1 heterocycles. The molecular formula is C8H3IN2O. The van der Waals surface area contributed by atoms with Crippen LogP contribution in [-0.4, -0.2) is 4.98 Å². The molecule has 0 spiro atoms. The van der Waals surface area contributed by atoms with Gasteiger partial charge in [-0.25, -0.2) is 4.98 Å². The first-order chi connectivity index (χ1) is 5.81. The fourth-order valence-corrected chi connectivity index (χ4v) is 1.49. The smallest absolute Gasteiger partial charge is 0.258 e. The molecule has 2 aromatic rings. The highest BCUT2D eigenvalue weighted by Gasteiger charge is 2.06.